The molecule has 2 rings (SSSR count). The molecule has 0 atom stereocenters. The van der Waals surface area contributed by atoms with Crippen molar-refractivity contribution < 1.29 is 21.8 Å². The number of benzene rings is 1. The van der Waals surface area contributed by atoms with Crippen molar-refractivity contribution in [1.29, 1.82) is 0 Å². The average Bonchev–Trinajstić information content (AvgIpc) is 2.39. The van der Waals surface area contributed by atoms with E-state index in [0.29, 0.717) is 25.4 Å². The number of hydrogen-bond donors (Lipinski definition) is 0. The Kier molecular flexibility index (Phi) is 2.52. The first kappa shape index (κ1) is 10.2. The SMILES string of the molecule is O=S(=O)(F)c1ccc2c(c1)OCCCO2. The van der Waals surface area contributed by atoms with Crippen LogP contribution in [0.25, 0.3) is 0 Å². The maximum Gasteiger partial charge on any atom is 0.332 e. The molecule has 0 saturated heterocycles. The molecule has 0 radical (unpaired) electrons. The molecule has 1 aromatic carbocycles. The summed E-state index contributed by atoms with van der Waals surface area (Å²) in [5, 5.41) is 0. The fraction of sp³-hybridized carbons (Fsp3) is 0.333. The predicted molar refractivity (Wildman–Crippen MR) is 50.3 cm³/mol. The number of fused-ring (bicyclic) bond motifs is 1. The molecular formula is C9H9FO4S. The monoisotopic (exact) mass is 232 g/mol. The van der Waals surface area contributed by atoms with E-state index in [4.69, 9.17) is 9.47 Å². The highest BCUT2D eigenvalue weighted by atomic mass is 32.3. The van der Waals surface area contributed by atoms with Gasteiger partial charge in [-0.2, -0.15) is 8.42 Å². The summed E-state index contributed by atoms with van der Waals surface area (Å²) in [6.07, 6.45) is 0.715. The van der Waals surface area contributed by atoms with Crippen molar-refractivity contribution in [2.75, 3.05) is 13.2 Å². The summed E-state index contributed by atoms with van der Waals surface area (Å²) >= 11 is 0. The van der Waals surface area contributed by atoms with E-state index in [-0.39, 0.29) is 5.75 Å². The number of rotatable bonds is 1. The van der Waals surface area contributed by atoms with Gasteiger partial charge in [-0.05, 0) is 12.1 Å². The largest absolute Gasteiger partial charge is 0.490 e. The summed E-state index contributed by atoms with van der Waals surface area (Å²) in [6, 6.07) is 3.69. The summed E-state index contributed by atoms with van der Waals surface area (Å²) in [6.45, 7) is 0.942. The molecular weight excluding hydrogens is 223 g/mol. The lowest BCUT2D eigenvalue weighted by Gasteiger charge is -2.07. The maximum absolute atomic E-state index is 12.7. The Morgan fingerprint density at radius 3 is 2.47 bits per heavy atom. The third kappa shape index (κ3) is 2.20. The molecule has 4 nitrogen and oxygen atoms in total. The van der Waals surface area contributed by atoms with Crippen LogP contribution in [0.1, 0.15) is 6.42 Å². The van der Waals surface area contributed by atoms with Crippen molar-refractivity contribution in [2.45, 2.75) is 11.3 Å². The maximum atomic E-state index is 12.7. The lowest BCUT2D eigenvalue weighted by molar-refractivity contribution is 0.297. The molecule has 0 fully saturated rings. The van der Waals surface area contributed by atoms with Gasteiger partial charge in [0.2, 0.25) is 0 Å². The molecule has 1 aliphatic heterocycles. The zero-order valence-corrected chi connectivity index (χ0v) is 8.59. The molecule has 0 bridgehead atoms. The summed E-state index contributed by atoms with van der Waals surface area (Å²) in [4.78, 5) is -0.410. The van der Waals surface area contributed by atoms with Gasteiger partial charge < -0.3 is 9.47 Å². The Morgan fingerprint density at radius 2 is 1.80 bits per heavy atom. The molecule has 82 valence electrons. The van der Waals surface area contributed by atoms with E-state index in [2.05, 4.69) is 0 Å². The lowest BCUT2D eigenvalue weighted by Crippen LogP contribution is -1.97. The lowest BCUT2D eigenvalue weighted by atomic mass is 10.3. The highest BCUT2D eigenvalue weighted by molar-refractivity contribution is 7.86. The molecule has 1 aliphatic rings. The van der Waals surface area contributed by atoms with E-state index in [1.807, 2.05) is 0 Å². The molecule has 1 aromatic rings. The van der Waals surface area contributed by atoms with Gasteiger partial charge in [0.25, 0.3) is 0 Å². The van der Waals surface area contributed by atoms with Gasteiger partial charge in [0, 0.05) is 12.5 Å². The van der Waals surface area contributed by atoms with Crippen LogP contribution in [0.15, 0.2) is 23.1 Å². The fourth-order valence-electron chi connectivity index (χ4n) is 1.30. The van der Waals surface area contributed by atoms with Gasteiger partial charge >= 0.3 is 10.2 Å². The van der Waals surface area contributed by atoms with Crippen LogP contribution in [0.2, 0.25) is 0 Å². The number of ether oxygens (including phenoxy) is 2. The third-order valence-electron chi connectivity index (χ3n) is 2.00. The minimum absolute atomic E-state index is 0.270. The van der Waals surface area contributed by atoms with Gasteiger partial charge in [-0.25, -0.2) is 0 Å². The van der Waals surface area contributed by atoms with Crippen molar-refractivity contribution in [1.82, 2.24) is 0 Å². The molecule has 6 heteroatoms. The van der Waals surface area contributed by atoms with Crippen LogP contribution >= 0.6 is 0 Å². The van der Waals surface area contributed by atoms with Crippen molar-refractivity contribution >= 4 is 10.2 Å². The summed E-state index contributed by atoms with van der Waals surface area (Å²) < 4.78 is 44.5. The summed E-state index contributed by atoms with van der Waals surface area (Å²) in [5.74, 6) is 0.714. The van der Waals surface area contributed by atoms with Gasteiger partial charge in [0.15, 0.2) is 11.5 Å². The van der Waals surface area contributed by atoms with Gasteiger partial charge in [-0.1, -0.05) is 0 Å². The van der Waals surface area contributed by atoms with Crippen molar-refractivity contribution in [2.24, 2.45) is 0 Å². The highest BCUT2D eigenvalue weighted by Gasteiger charge is 2.17. The van der Waals surface area contributed by atoms with Crippen LogP contribution in [0.4, 0.5) is 3.89 Å². The molecule has 1 heterocycles. The molecule has 0 saturated carbocycles. The first-order chi connectivity index (χ1) is 7.07. The van der Waals surface area contributed by atoms with E-state index in [0.717, 1.165) is 12.1 Å². The van der Waals surface area contributed by atoms with Crippen LogP contribution < -0.4 is 9.47 Å². The fourth-order valence-corrected chi connectivity index (χ4v) is 1.77. The van der Waals surface area contributed by atoms with Crippen LogP contribution in [-0.4, -0.2) is 21.6 Å². The van der Waals surface area contributed by atoms with Gasteiger partial charge in [-0.15, -0.1) is 3.89 Å². The molecule has 0 unspecified atom stereocenters. The van der Waals surface area contributed by atoms with Crippen molar-refractivity contribution in [3.63, 3.8) is 0 Å². The van der Waals surface area contributed by atoms with Crippen LogP contribution in [-0.2, 0) is 10.2 Å². The molecule has 0 amide bonds. The summed E-state index contributed by atoms with van der Waals surface area (Å²) in [5.41, 5.74) is 0. The molecule has 0 aromatic heterocycles. The Bertz CT molecular complexity index is 469. The zero-order chi connectivity index (χ0) is 10.9. The van der Waals surface area contributed by atoms with Crippen molar-refractivity contribution in [3.05, 3.63) is 18.2 Å². The Balaban J connectivity index is 2.45. The Labute approximate surface area is 86.8 Å². The molecule has 0 N–H and O–H groups in total. The van der Waals surface area contributed by atoms with E-state index >= 15 is 0 Å². The quantitative estimate of drug-likeness (QED) is 0.689. The molecule has 0 spiro atoms. The molecule has 0 aliphatic carbocycles. The van der Waals surface area contributed by atoms with Gasteiger partial charge in [0.05, 0.1) is 13.2 Å². The van der Waals surface area contributed by atoms with E-state index in [1.165, 1.54) is 6.07 Å². The van der Waals surface area contributed by atoms with Crippen LogP contribution in [0, 0.1) is 0 Å². The smallest absolute Gasteiger partial charge is 0.332 e. The normalized spacial score (nSPS) is 15.8. The van der Waals surface area contributed by atoms with Gasteiger partial charge in [0.1, 0.15) is 4.90 Å². The van der Waals surface area contributed by atoms with E-state index in [1.54, 1.807) is 0 Å². The zero-order valence-electron chi connectivity index (χ0n) is 7.77. The van der Waals surface area contributed by atoms with Crippen LogP contribution in [0.5, 0.6) is 11.5 Å². The standard InChI is InChI=1S/C9H9FO4S/c10-15(11,12)7-2-3-8-9(6-7)14-5-1-4-13-8/h2-3,6H,1,4-5H2. The minimum atomic E-state index is -4.68. The minimum Gasteiger partial charge on any atom is -0.490 e. The first-order valence-corrected chi connectivity index (χ1v) is 5.80. The first-order valence-electron chi connectivity index (χ1n) is 4.42. The second kappa shape index (κ2) is 3.69. The van der Waals surface area contributed by atoms with Gasteiger partial charge in [-0.3, -0.25) is 0 Å². The average molecular weight is 232 g/mol. The van der Waals surface area contributed by atoms with E-state index < -0.39 is 15.1 Å². The summed E-state index contributed by atoms with van der Waals surface area (Å²) in [7, 11) is -4.68. The Hall–Kier alpha value is -1.30. The topological polar surface area (TPSA) is 52.6 Å². The number of hydrogen-bond acceptors (Lipinski definition) is 4. The van der Waals surface area contributed by atoms with E-state index in [9.17, 15) is 12.3 Å². The number of halogens is 1. The second-order valence-corrected chi connectivity index (χ2v) is 4.44. The highest BCUT2D eigenvalue weighted by Crippen LogP contribution is 2.32. The second-order valence-electron chi connectivity index (χ2n) is 3.10. The van der Waals surface area contributed by atoms with Crippen molar-refractivity contribution in [3.8, 4) is 11.5 Å². The van der Waals surface area contributed by atoms with Crippen LogP contribution in [0.3, 0.4) is 0 Å². The molecule has 15 heavy (non-hydrogen) atoms. The predicted octanol–water partition coefficient (Wildman–Crippen LogP) is 1.51. The Morgan fingerprint density at radius 1 is 1.13 bits per heavy atom. The third-order valence-corrected chi connectivity index (χ3v) is 2.82.